The van der Waals surface area contributed by atoms with E-state index < -0.39 is 0 Å². The average Bonchev–Trinajstić information content (AvgIpc) is 3.16. The molecule has 5 heteroatoms. The fraction of sp³-hybridized carbons (Fsp3) is 0. The minimum atomic E-state index is 0.118. The molecule has 21 heavy (non-hydrogen) atoms. The van der Waals surface area contributed by atoms with Crippen LogP contribution in [0.2, 0.25) is 0 Å². The monoisotopic (exact) mass is 277 g/mol. The van der Waals surface area contributed by atoms with E-state index in [0.717, 1.165) is 5.69 Å². The van der Waals surface area contributed by atoms with Crippen molar-refractivity contribution in [1.82, 2.24) is 14.5 Å². The Balaban J connectivity index is 1.81. The molecule has 0 radical (unpaired) electrons. The lowest BCUT2D eigenvalue weighted by Crippen LogP contribution is -1.90. The van der Waals surface area contributed by atoms with Gasteiger partial charge in [0, 0.05) is 30.3 Å². The van der Waals surface area contributed by atoms with E-state index in [1.807, 2.05) is 35.2 Å². The standard InChI is InChI=1S/C16H11N3O2/c20-13-10-11(19-8-1-2-9-19)5-6-12(13)16-18-15-14(21-16)4-3-7-17-15/h1-10,20H. The first kappa shape index (κ1) is 11.7. The van der Waals surface area contributed by atoms with Crippen LogP contribution in [0.15, 0.2) is 65.5 Å². The smallest absolute Gasteiger partial charge is 0.232 e. The maximum atomic E-state index is 10.2. The summed E-state index contributed by atoms with van der Waals surface area (Å²) >= 11 is 0. The van der Waals surface area contributed by atoms with Gasteiger partial charge >= 0.3 is 0 Å². The number of hydrogen-bond donors (Lipinski definition) is 1. The highest BCUT2D eigenvalue weighted by molar-refractivity contribution is 5.74. The van der Waals surface area contributed by atoms with E-state index in [4.69, 9.17) is 4.42 Å². The van der Waals surface area contributed by atoms with Gasteiger partial charge in [0.1, 0.15) is 5.75 Å². The van der Waals surface area contributed by atoms with Gasteiger partial charge in [0.25, 0.3) is 0 Å². The molecule has 1 N–H and O–H groups in total. The van der Waals surface area contributed by atoms with Crippen molar-refractivity contribution < 1.29 is 9.52 Å². The minimum absolute atomic E-state index is 0.118. The van der Waals surface area contributed by atoms with Gasteiger partial charge in [0.15, 0.2) is 11.2 Å². The lowest BCUT2D eigenvalue weighted by atomic mass is 10.2. The lowest BCUT2D eigenvalue weighted by Gasteiger charge is -2.05. The first-order valence-electron chi connectivity index (χ1n) is 6.49. The first-order valence-corrected chi connectivity index (χ1v) is 6.49. The second-order valence-corrected chi connectivity index (χ2v) is 4.64. The van der Waals surface area contributed by atoms with E-state index in [9.17, 15) is 5.11 Å². The summed E-state index contributed by atoms with van der Waals surface area (Å²) in [5.41, 5.74) is 2.54. The number of hydrogen-bond acceptors (Lipinski definition) is 4. The third-order valence-electron chi connectivity index (χ3n) is 3.28. The Labute approximate surface area is 120 Å². The maximum absolute atomic E-state index is 10.2. The molecule has 102 valence electrons. The number of fused-ring (bicyclic) bond motifs is 1. The molecule has 4 aromatic rings. The molecule has 5 nitrogen and oxygen atoms in total. The Bertz CT molecular complexity index is 877. The Morgan fingerprint density at radius 3 is 2.67 bits per heavy atom. The summed E-state index contributed by atoms with van der Waals surface area (Å²) in [5.74, 6) is 0.480. The molecule has 0 aliphatic rings. The predicted molar refractivity (Wildman–Crippen MR) is 78.2 cm³/mol. The highest BCUT2D eigenvalue weighted by Crippen LogP contribution is 2.32. The molecule has 0 bridgehead atoms. The third-order valence-corrected chi connectivity index (χ3v) is 3.28. The number of aromatic nitrogens is 3. The van der Waals surface area contributed by atoms with Crippen LogP contribution in [0.4, 0.5) is 0 Å². The van der Waals surface area contributed by atoms with Gasteiger partial charge in [-0.3, -0.25) is 0 Å². The van der Waals surface area contributed by atoms with Gasteiger partial charge in [0.05, 0.1) is 5.56 Å². The molecule has 4 rings (SSSR count). The van der Waals surface area contributed by atoms with Crippen LogP contribution in [0.5, 0.6) is 5.75 Å². The molecule has 1 aromatic carbocycles. The van der Waals surface area contributed by atoms with Gasteiger partial charge in [-0.25, -0.2) is 4.98 Å². The number of aromatic hydroxyl groups is 1. The molecule has 0 spiro atoms. The number of benzene rings is 1. The van der Waals surface area contributed by atoms with Gasteiger partial charge in [-0.1, -0.05) is 0 Å². The lowest BCUT2D eigenvalue weighted by molar-refractivity contribution is 0.474. The van der Waals surface area contributed by atoms with Crippen molar-refractivity contribution in [2.75, 3.05) is 0 Å². The zero-order valence-electron chi connectivity index (χ0n) is 11.0. The van der Waals surface area contributed by atoms with Crippen molar-refractivity contribution in [1.29, 1.82) is 0 Å². The van der Waals surface area contributed by atoms with Crippen LogP contribution < -0.4 is 0 Å². The fourth-order valence-corrected chi connectivity index (χ4v) is 2.25. The maximum Gasteiger partial charge on any atom is 0.232 e. The molecule has 0 amide bonds. The molecule has 0 aliphatic heterocycles. The minimum Gasteiger partial charge on any atom is -0.507 e. The molecule has 0 fully saturated rings. The van der Waals surface area contributed by atoms with Crippen LogP contribution in [0.1, 0.15) is 0 Å². The first-order chi connectivity index (χ1) is 10.3. The largest absolute Gasteiger partial charge is 0.507 e. The van der Waals surface area contributed by atoms with Gasteiger partial charge < -0.3 is 14.1 Å². The molecule has 0 aliphatic carbocycles. The van der Waals surface area contributed by atoms with Crippen LogP contribution >= 0.6 is 0 Å². The number of phenols is 1. The highest BCUT2D eigenvalue weighted by atomic mass is 16.4. The number of pyridine rings is 1. The second kappa shape index (κ2) is 4.49. The zero-order valence-corrected chi connectivity index (χ0v) is 11.0. The summed E-state index contributed by atoms with van der Waals surface area (Å²) in [5, 5.41) is 10.2. The fourth-order valence-electron chi connectivity index (χ4n) is 2.25. The van der Waals surface area contributed by atoms with E-state index >= 15 is 0 Å². The molecule has 3 heterocycles. The summed E-state index contributed by atoms with van der Waals surface area (Å²) < 4.78 is 7.54. The van der Waals surface area contributed by atoms with E-state index in [0.29, 0.717) is 22.7 Å². The second-order valence-electron chi connectivity index (χ2n) is 4.64. The van der Waals surface area contributed by atoms with E-state index in [-0.39, 0.29) is 5.75 Å². The van der Waals surface area contributed by atoms with Crippen molar-refractivity contribution in [2.24, 2.45) is 0 Å². The zero-order chi connectivity index (χ0) is 14.2. The Hall–Kier alpha value is -3.08. The predicted octanol–water partition coefficient (Wildman–Crippen LogP) is 3.39. The highest BCUT2D eigenvalue weighted by Gasteiger charge is 2.13. The molecule has 0 saturated heterocycles. The number of nitrogens with zero attached hydrogens (tertiary/aromatic N) is 3. The summed E-state index contributed by atoms with van der Waals surface area (Å²) in [6.07, 6.45) is 5.49. The Morgan fingerprint density at radius 1 is 1.05 bits per heavy atom. The van der Waals surface area contributed by atoms with E-state index in [1.165, 1.54) is 0 Å². The quantitative estimate of drug-likeness (QED) is 0.610. The van der Waals surface area contributed by atoms with Crippen LogP contribution in [-0.4, -0.2) is 19.6 Å². The summed E-state index contributed by atoms with van der Waals surface area (Å²) in [6.45, 7) is 0. The number of oxazole rings is 1. The summed E-state index contributed by atoms with van der Waals surface area (Å²) in [7, 11) is 0. The van der Waals surface area contributed by atoms with Gasteiger partial charge in [-0.15, -0.1) is 0 Å². The molecular weight excluding hydrogens is 266 g/mol. The van der Waals surface area contributed by atoms with Gasteiger partial charge in [0.2, 0.25) is 5.89 Å². The molecule has 3 aromatic heterocycles. The Kier molecular flexibility index (Phi) is 2.50. The van der Waals surface area contributed by atoms with Gasteiger partial charge in [-0.05, 0) is 36.4 Å². The van der Waals surface area contributed by atoms with Crippen molar-refractivity contribution in [2.45, 2.75) is 0 Å². The molecule has 0 saturated carbocycles. The molecule has 0 unspecified atom stereocenters. The van der Waals surface area contributed by atoms with Crippen LogP contribution in [0, 0.1) is 0 Å². The van der Waals surface area contributed by atoms with Crippen molar-refractivity contribution in [3.63, 3.8) is 0 Å². The average molecular weight is 277 g/mol. The third kappa shape index (κ3) is 1.95. The Morgan fingerprint density at radius 2 is 1.90 bits per heavy atom. The summed E-state index contributed by atoms with van der Waals surface area (Å²) in [6, 6.07) is 12.8. The molecule has 0 atom stereocenters. The molecular formula is C16H11N3O2. The normalized spacial score (nSPS) is 11.0. The van der Waals surface area contributed by atoms with E-state index in [2.05, 4.69) is 9.97 Å². The van der Waals surface area contributed by atoms with Crippen LogP contribution in [0.25, 0.3) is 28.4 Å². The van der Waals surface area contributed by atoms with Crippen molar-refractivity contribution in [3.05, 3.63) is 61.1 Å². The van der Waals surface area contributed by atoms with Crippen molar-refractivity contribution in [3.8, 4) is 22.9 Å². The summed E-state index contributed by atoms with van der Waals surface area (Å²) in [4.78, 5) is 8.42. The van der Waals surface area contributed by atoms with Crippen LogP contribution in [-0.2, 0) is 0 Å². The van der Waals surface area contributed by atoms with Gasteiger partial charge in [-0.2, -0.15) is 4.98 Å². The van der Waals surface area contributed by atoms with Crippen molar-refractivity contribution >= 4 is 11.2 Å². The SMILES string of the molecule is Oc1cc(-n2cccc2)ccc1-c1nc2ncccc2o1. The van der Waals surface area contributed by atoms with E-state index in [1.54, 1.807) is 30.5 Å². The van der Waals surface area contributed by atoms with Crippen LogP contribution in [0.3, 0.4) is 0 Å². The topological polar surface area (TPSA) is 64.1 Å². The number of rotatable bonds is 2. The number of phenolic OH excluding ortho intramolecular Hbond substituents is 1.